The van der Waals surface area contributed by atoms with Crippen molar-refractivity contribution >= 4 is 16.9 Å². The molecule has 0 atom stereocenters. The van der Waals surface area contributed by atoms with Crippen molar-refractivity contribution in [3.8, 4) is 11.1 Å². The van der Waals surface area contributed by atoms with Crippen LogP contribution in [0, 0.1) is 0 Å². The first-order valence-corrected chi connectivity index (χ1v) is 6.96. The number of aryl methyl sites for hydroxylation is 1. The molecule has 0 aliphatic heterocycles. The third-order valence-electron chi connectivity index (χ3n) is 3.88. The number of carbonyl (C=O) groups is 1. The molecular formula is C17H17N3O2. The van der Waals surface area contributed by atoms with Gasteiger partial charge in [0.25, 0.3) is 0 Å². The zero-order valence-corrected chi connectivity index (χ0v) is 12.2. The number of benzene rings is 2. The number of fused-ring (bicyclic) bond motifs is 1. The molecule has 0 unspecified atom stereocenters. The summed E-state index contributed by atoms with van der Waals surface area (Å²) in [7, 11) is 1.76. The standard InChI is InChI=1S/C17H17N3O2/c1-20-15-7-6-11(8-13(15)9-16(20)17(21)22)14-5-3-2-4-12(14)10-19-18/h2-9,19H,10,18H2,1H3,(H,21,22). The molecule has 0 fully saturated rings. The van der Waals surface area contributed by atoms with Crippen LogP contribution in [-0.2, 0) is 13.6 Å². The number of hydrazine groups is 1. The minimum absolute atomic E-state index is 0.282. The van der Waals surface area contributed by atoms with Crippen LogP contribution in [0.3, 0.4) is 0 Å². The van der Waals surface area contributed by atoms with E-state index in [0.717, 1.165) is 27.6 Å². The Morgan fingerprint density at radius 3 is 2.73 bits per heavy atom. The second-order valence-electron chi connectivity index (χ2n) is 5.21. The topological polar surface area (TPSA) is 80.3 Å². The Labute approximate surface area is 127 Å². The van der Waals surface area contributed by atoms with E-state index in [-0.39, 0.29) is 5.69 Å². The molecule has 0 aliphatic rings. The van der Waals surface area contributed by atoms with E-state index in [9.17, 15) is 9.90 Å². The van der Waals surface area contributed by atoms with Crippen LogP contribution in [0.25, 0.3) is 22.0 Å². The minimum atomic E-state index is -0.923. The molecule has 22 heavy (non-hydrogen) atoms. The molecule has 1 aromatic heterocycles. The third-order valence-corrected chi connectivity index (χ3v) is 3.88. The number of aromatic nitrogens is 1. The van der Waals surface area contributed by atoms with E-state index in [2.05, 4.69) is 5.43 Å². The quantitative estimate of drug-likeness (QED) is 0.510. The maximum Gasteiger partial charge on any atom is 0.352 e. The summed E-state index contributed by atoms with van der Waals surface area (Å²) in [4.78, 5) is 11.2. The monoisotopic (exact) mass is 295 g/mol. The lowest BCUT2D eigenvalue weighted by Gasteiger charge is -2.09. The van der Waals surface area contributed by atoms with Crippen molar-refractivity contribution in [2.75, 3.05) is 0 Å². The van der Waals surface area contributed by atoms with Gasteiger partial charge in [0, 0.05) is 24.5 Å². The Hall–Kier alpha value is -2.63. The molecule has 0 saturated carbocycles. The highest BCUT2D eigenvalue weighted by Gasteiger charge is 2.13. The fourth-order valence-corrected chi connectivity index (χ4v) is 2.79. The Morgan fingerprint density at radius 2 is 2.00 bits per heavy atom. The lowest BCUT2D eigenvalue weighted by Crippen LogP contribution is -2.21. The summed E-state index contributed by atoms with van der Waals surface area (Å²) in [6.45, 7) is 0.573. The first-order chi connectivity index (χ1) is 10.6. The van der Waals surface area contributed by atoms with Gasteiger partial charge in [0.15, 0.2) is 0 Å². The van der Waals surface area contributed by atoms with Crippen molar-refractivity contribution in [2.24, 2.45) is 12.9 Å². The van der Waals surface area contributed by atoms with Gasteiger partial charge in [0.2, 0.25) is 0 Å². The maximum absolute atomic E-state index is 11.2. The highest BCUT2D eigenvalue weighted by Crippen LogP contribution is 2.28. The van der Waals surface area contributed by atoms with Crippen LogP contribution in [0.4, 0.5) is 0 Å². The average molecular weight is 295 g/mol. The van der Waals surface area contributed by atoms with Crippen LogP contribution in [0.5, 0.6) is 0 Å². The number of rotatable bonds is 4. The summed E-state index contributed by atoms with van der Waals surface area (Å²) >= 11 is 0. The Kier molecular flexibility index (Phi) is 3.66. The summed E-state index contributed by atoms with van der Waals surface area (Å²) < 4.78 is 1.69. The SMILES string of the molecule is Cn1c(C(=O)O)cc2cc(-c3ccccc3CNN)ccc21. The van der Waals surface area contributed by atoms with E-state index >= 15 is 0 Å². The van der Waals surface area contributed by atoms with Gasteiger partial charge in [-0.15, -0.1) is 0 Å². The Balaban J connectivity index is 2.15. The molecule has 0 bridgehead atoms. The highest BCUT2D eigenvalue weighted by atomic mass is 16.4. The van der Waals surface area contributed by atoms with Crippen LogP contribution in [0.15, 0.2) is 48.5 Å². The number of hydrogen-bond donors (Lipinski definition) is 3. The normalized spacial score (nSPS) is 11.0. The lowest BCUT2D eigenvalue weighted by atomic mass is 9.98. The molecule has 0 amide bonds. The van der Waals surface area contributed by atoms with Gasteiger partial charge in [-0.05, 0) is 34.9 Å². The van der Waals surface area contributed by atoms with E-state index in [1.165, 1.54) is 0 Å². The fourth-order valence-electron chi connectivity index (χ4n) is 2.79. The first-order valence-electron chi connectivity index (χ1n) is 6.96. The Morgan fingerprint density at radius 1 is 1.23 bits per heavy atom. The van der Waals surface area contributed by atoms with Crippen LogP contribution in [0.1, 0.15) is 16.1 Å². The first kappa shape index (κ1) is 14.3. The molecule has 5 nitrogen and oxygen atoms in total. The van der Waals surface area contributed by atoms with Crippen LogP contribution in [0.2, 0.25) is 0 Å². The van der Waals surface area contributed by atoms with Crippen molar-refractivity contribution in [2.45, 2.75) is 6.54 Å². The second-order valence-corrected chi connectivity index (χ2v) is 5.21. The van der Waals surface area contributed by atoms with Gasteiger partial charge in [0.1, 0.15) is 5.69 Å². The third kappa shape index (κ3) is 2.36. The average Bonchev–Trinajstić information content (AvgIpc) is 2.85. The number of nitrogens with zero attached hydrogens (tertiary/aromatic N) is 1. The molecule has 1 heterocycles. The molecule has 112 valence electrons. The molecule has 3 rings (SSSR count). The highest BCUT2D eigenvalue weighted by molar-refractivity contribution is 5.96. The fraction of sp³-hybridized carbons (Fsp3) is 0.118. The smallest absolute Gasteiger partial charge is 0.352 e. The van der Waals surface area contributed by atoms with E-state index in [1.54, 1.807) is 17.7 Å². The van der Waals surface area contributed by atoms with Gasteiger partial charge in [-0.3, -0.25) is 11.3 Å². The number of aromatic carboxylic acids is 1. The van der Waals surface area contributed by atoms with E-state index < -0.39 is 5.97 Å². The predicted molar refractivity (Wildman–Crippen MR) is 86.3 cm³/mol. The molecule has 0 radical (unpaired) electrons. The summed E-state index contributed by atoms with van der Waals surface area (Å²) in [6.07, 6.45) is 0. The van der Waals surface area contributed by atoms with Crippen molar-refractivity contribution in [1.82, 2.24) is 9.99 Å². The van der Waals surface area contributed by atoms with Gasteiger partial charge < -0.3 is 9.67 Å². The largest absolute Gasteiger partial charge is 0.477 e. The molecule has 0 aliphatic carbocycles. The number of hydrogen-bond acceptors (Lipinski definition) is 3. The molecular weight excluding hydrogens is 278 g/mol. The summed E-state index contributed by atoms with van der Waals surface area (Å²) in [5.74, 6) is 4.51. The van der Waals surface area contributed by atoms with E-state index in [0.29, 0.717) is 6.54 Å². The molecule has 3 aromatic rings. The summed E-state index contributed by atoms with van der Waals surface area (Å²) in [6, 6.07) is 15.7. The van der Waals surface area contributed by atoms with Gasteiger partial charge in [-0.1, -0.05) is 30.3 Å². The van der Waals surface area contributed by atoms with Crippen LogP contribution < -0.4 is 11.3 Å². The molecule has 4 N–H and O–H groups in total. The predicted octanol–water partition coefficient (Wildman–Crippen LogP) is 2.51. The zero-order chi connectivity index (χ0) is 15.7. The van der Waals surface area contributed by atoms with E-state index in [4.69, 9.17) is 5.84 Å². The lowest BCUT2D eigenvalue weighted by molar-refractivity contribution is 0.0687. The zero-order valence-electron chi connectivity index (χ0n) is 12.2. The molecule has 0 spiro atoms. The van der Waals surface area contributed by atoms with Crippen LogP contribution in [-0.4, -0.2) is 15.6 Å². The number of nitrogens with one attached hydrogen (secondary N) is 1. The Bertz CT molecular complexity index is 852. The van der Waals surface area contributed by atoms with E-state index in [1.807, 2.05) is 42.5 Å². The van der Waals surface area contributed by atoms with Crippen molar-refractivity contribution < 1.29 is 9.90 Å². The van der Waals surface area contributed by atoms with Crippen LogP contribution >= 0.6 is 0 Å². The van der Waals surface area contributed by atoms with Crippen molar-refractivity contribution in [3.63, 3.8) is 0 Å². The maximum atomic E-state index is 11.2. The summed E-state index contributed by atoms with van der Waals surface area (Å²) in [5.41, 5.74) is 7.08. The van der Waals surface area contributed by atoms with Crippen molar-refractivity contribution in [1.29, 1.82) is 0 Å². The number of carboxylic acid groups (broad SMARTS) is 1. The molecule has 5 heteroatoms. The van der Waals surface area contributed by atoms with Gasteiger partial charge in [0.05, 0.1) is 0 Å². The number of carboxylic acids is 1. The molecule has 2 aromatic carbocycles. The molecule has 0 saturated heterocycles. The number of nitrogens with two attached hydrogens (primary N) is 1. The van der Waals surface area contributed by atoms with Crippen molar-refractivity contribution in [3.05, 3.63) is 59.8 Å². The van der Waals surface area contributed by atoms with Gasteiger partial charge >= 0.3 is 5.97 Å². The van der Waals surface area contributed by atoms with Gasteiger partial charge in [-0.2, -0.15) is 0 Å². The minimum Gasteiger partial charge on any atom is -0.477 e. The second kappa shape index (κ2) is 5.63. The van der Waals surface area contributed by atoms with Gasteiger partial charge in [-0.25, -0.2) is 4.79 Å². The summed E-state index contributed by atoms with van der Waals surface area (Å²) in [5, 5.41) is 10.1.